The number of amides is 2. The maximum atomic E-state index is 13.3. The number of hydrogen-bond donors (Lipinski definition) is 0. The molecule has 3 fully saturated rings. The number of nitrogens with zero attached hydrogens (tertiary/aromatic N) is 2. The van der Waals surface area contributed by atoms with E-state index in [1.165, 1.54) is 4.90 Å². The summed E-state index contributed by atoms with van der Waals surface area (Å²) in [5, 5.41) is 11.4. The number of rotatable bonds is 1. The van der Waals surface area contributed by atoms with Crippen LogP contribution < -0.4 is 4.90 Å². The van der Waals surface area contributed by atoms with E-state index in [0.717, 1.165) is 23.6 Å². The van der Waals surface area contributed by atoms with Crippen molar-refractivity contribution in [3.8, 4) is 6.07 Å². The molecule has 0 saturated carbocycles. The summed E-state index contributed by atoms with van der Waals surface area (Å²) < 4.78 is 6.13. The summed E-state index contributed by atoms with van der Waals surface area (Å²) in [5.41, 5.74) is -0.426. The lowest BCUT2D eigenvalue weighted by molar-refractivity contribution is -0.129. The van der Waals surface area contributed by atoms with Crippen LogP contribution in [0.5, 0.6) is 0 Å². The topological polar surface area (TPSA) is 70.4 Å². The van der Waals surface area contributed by atoms with E-state index in [9.17, 15) is 14.9 Å². The predicted molar refractivity (Wildman–Crippen MR) is 95.3 cm³/mol. The third kappa shape index (κ3) is 1.68. The first-order valence-electron chi connectivity index (χ1n) is 8.89. The number of benzene rings is 2. The number of anilines is 1. The van der Waals surface area contributed by atoms with E-state index in [1.54, 1.807) is 6.07 Å². The van der Waals surface area contributed by atoms with Crippen LogP contribution in [0.15, 0.2) is 36.4 Å². The van der Waals surface area contributed by atoms with Gasteiger partial charge < -0.3 is 4.74 Å². The molecule has 5 heteroatoms. The minimum absolute atomic E-state index is 0.238. The van der Waals surface area contributed by atoms with E-state index in [2.05, 4.69) is 6.07 Å². The molecule has 130 valence electrons. The highest BCUT2D eigenvalue weighted by atomic mass is 16.5. The van der Waals surface area contributed by atoms with Crippen molar-refractivity contribution in [1.82, 2.24) is 0 Å². The average molecular weight is 346 g/mol. The summed E-state index contributed by atoms with van der Waals surface area (Å²) in [7, 11) is 0. The van der Waals surface area contributed by atoms with E-state index in [0.29, 0.717) is 11.3 Å². The van der Waals surface area contributed by atoms with Gasteiger partial charge >= 0.3 is 0 Å². The molecule has 3 saturated heterocycles. The molecular weight excluding hydrogens is 328 g/mol. The molecule has 2 bridgehead atoms. The van der Waals surface area contributed by atoms with Gasteiger partial charge in [0.05, 0.1) is 34.3 Å². The van der Waals surface area contributed by atoms with Crippen LogP contribution in [0.1, 0.15) is 32.3 Å². The van der Waals surface area contributed by atoms with E-state index in [-0.39, 0.29) is 11.8 Å². The third-order valence-corrected chi connectivity index (χ3v) is 6.47. The molecule has 4 unspecified atom stereocenters. The molecule has 2 aromatic rings. The Balaban J connectivity index is 1.69. The summed E-state index contributed by atoms with van der Waals surface area (Å²) in [6, 6.07) is 13.3. The van der Waals surface area contributed by atoms with E-state index < -0.39 is 23.0 Å². The first kappa shape index (κ1) is 15.5. The second-order valence-electron chi connectivity index (χ2n) is 7.99. The molecule has 0 aromatic heterocycles. The minimum atomic E-state index is -0.593. The molecule has 2 aromatic carbocycles. The smallest absolute Gasteiger partial charge is 0.240 e. The summed E-state index contributed by atoms with van der Waals surface area (Å²) in [4.78, 5) is 27.8. The second kappa shape index (κ2) is 4.72. The van der Waals surface area contributed by atoms with Crippen LogP contribution in [0.25, 0.3) is 10.8 Å². The summed E-state index contributed by atoms with van der Waals surface area (Å²) >= 11 is 0. The Morgan fingerprint density at radius 2 is 1.65 bits per heavy atom. The second-order valence-corrected chi connectivity index (χ2v) is 7.99. The molecule has 4 atom stereocenters. The van der Waals surface area contributed by atoms with Gasteiger partial charge in [0.15, 0.2) is 0 Å². The van der Waals surface area contributed by atoms with Gasteiger partial charge in [0.2, 0.25) is 11.8 Å². The molecule has 26 heavy (non-hydrogen) atoms. The number of carbonyl (C=O) groups excluding carboxylic acids is 2. The van der Waals surface area contributed by atoms with Crippen LogP contribution in [0.4, 0.5) is 5.69 Å². The number of ether oxygens (including phenoxy) is 1. The minimum Gasteiger partial charge on any atom is -0.367 e. The molecule has 0 radical (unpaired) electrons. The Morgan fingerprint density at radius 3 is 2.27 bits per heavy atom. The molecule has 5 rings (SSSR count). The van der Waals surface area contributed by atoms with Crippen LogP contribution in [0.2, 0.25) is 0 Å². The quantitative estimate of drug-likeness (QED) is 0.744. The first-order chi connectivity index (χ1) is 12.4. The van der Waals surface area contributed by atoms with E-state index in [1.807, 2.05) is 44.2 Å². The van der Waals surface area contributed by atoms with Gasteiger partial charge in [0.1, 0.15) is 6.07 Å². The van der Waals surface area contributed by atoms with Gasteiger partial charge in [-0.1, -0.05) is 30.3 Å². The van der Waals surface area contributed by atoms with Gasteiger partial charge in [0, 0.05) is 5.39 Å². The Hall–Kier alpha value is -2.71. The number of imide groups is 1. The molecule has 3 aliphatic heterocycles. The van der Waals surface area contributed by atoms with Crippen LogP contribution in [-0.2, 0) is 14.3 Å². The number of carbonyl (C=O) groups is 2. The van der Waals surface area contributed by atoms with Crippen molar-refractivity contribution < 1.29 is 14.3 Å². The van der Waals surface area contributed by atoms with Gasteiger partial charge in [-0.15, -0.1) is 0 Å². The highest BCUT2D eigenvalue weighted by molar-refractivity contribution is 6.24. The standard InChI is InChI=1S/C21H18N2O3/c1-20-9-10-21(2,26-20)17-16(20)18(24)23(19(17)25)15-8-7-12-5-3-4-6-13(12)14(15)11-22/h3-8,16-17H,9-10H2,1-2H3. The lowest BCUT2D eigenvalue weighted by Gasteiger charge is -2.27. The summed E-state index contributed by atoms with van der Waals surface area (Å²) in [6.07, 6.45) is 1.56. The van der Waals surface area contributed by atoms with E-state index >= 15 is 0 Å². The fraction of sp³-hybridized carbons (Fsp3) is 0.381. The summed E-state index contributed by atoms with van der Waals surface area (Å²) in [5.74, 6) is -1.41. The fourth-order valence-electron chi connectivity index (χ4n) is 5.27. The SMILES string of the molecule is CC12CCC(C)(O1)C1C(=O)N(c3ccc4ccccc4c3C#N)C(=O)C12. The lowest BCUT2D eigenvalue weighted by atomic mass is 9.69. The number of fused-ring (bicyclic) bond motifs is 6. The molecule has 2 amide bonds. The predicted octanol–water partition coefficient (Wildman–Crippen LogP) is 3.16. The first-order valence-corrected chi connectivity index (χ1v) is 8.89. The number of hydrogen-bond acceptors (Lipinski definition) is 4. The average Bonchev–Trinajstić information content (AvgIpc) is 3.18. The Kier molecular flexibility index (Phi) is 2.82. The Labute approximate surface area is 151 Å². The maximum absolute atomic E-state index is 13.3. The zero-order valence-corrected chi connectivity index (χ0v) is 14.7. The van der Waals surface area contributed by atoms with Gasteiger partial charge in [0.25, 0.3) is 0 Å². The van der Waals surface area contributed by atoms with Gasteiger partial charge in [-0.2, -0.15) is 5.26 Å². The van der Waals surface area contributed by atoms with Gasteiger partial charge in [-0.05, 0) is 38.1 Å². The van der Waals surface area contributed by atoms with Crippen molar-refractivity contribution in [1.29, 1.82) is 5.26 Å². The molecule has 0 spiro atoms. The van der Waals surface area contributed by atoms with Crippen molar-refractivity contribution in [3.63, 3.8) is 0 Å². The number of nitriles is 1. The van der Waals surface area contributed by atoms with Crippen molar-refractivity contribution in [2.45, 2.75) is 37.9 Å². The third-order valence-electron chi connectivity index (χ3n) is 6.47. The van der Waals surface area contributed by atoms with Crippen LogP contribution >= 0.6 is 0 Å². The maximum Gasteiger partial charge on any atom is 0.240 e. The van der Waals surface area contributed by atoms with Crippen molar-refractivity contribution in [3.05, 3.63) is 42.0 Å². The van der Waals surface area contributed by atoms with Gasteiger partial charge in [-0.25, -0.2) is 4.90 Å². The molecule has 3 heterocycles. The van der Waals surface area contributed by atoms with Crippen molar-refractivity contribution in [2.75, 3.05) is 4.90 Å². The normalized spacial score (nSPS) is 35.2. The van der Waals surface area contributed by atoms with Crippen LogP contribution in [-0.4, -0.2) is 23.0 Å². The molecule has 0 aliphatic carbocycles. The highest BCUT2D eigenvalue weighted by Crippen LogP contribution is 2.61. The molecule has 5 nitrogen and oxygen atoms in total. The van der Waals surface area contributed by atoms with Crippen LogP contribution in [0.3, 0.4) is 0 Å². The molecule has 3 aliphatic rings. The van der Waals surface area contributed by atoms with Crippen molar-refractivity contribution >= 4 is 28.3 Å². The van der Waals surface area contributed by atoms with E-state index in [4.69, 9.17) is 4.74 Å². The fourth-order valence-corrected chi connectivity index (χ4v) is 5.27. The zero-order chi connectivity index (χ0) is 18.3. The van der Waals surface area contributed by atoms with Crippen molar-refractivity contribution in [2.24, 2.45) is 11.8 Å². The Morgan fingerprint density at radius 1 is 1.04 bits per heavy atom. The van der Waals surface area contributed by atoms with Gasteiger partial charge in [-0.3, -0.25) is 9.59 Å². The largest absolute Gasteiger partial charge is 0.367 e. The summed E-state index contributed by atoms with van der Waals surface area (Å²) in [6.45, 7) is 3.87. The molecular formula is C21H18N2O3. The van der Waals surface area contributed by atoms with Crippen LogP contribution in [0, 0.1) is 23.2 Å². The Bertz CT molecular complexity index is 1010. The monoisotopic (exact) mass is 346 g/mol. The molecule has 0 N–H and O–H groups in total. The lowest BCUT2D eigenvalue weighted by Crippen LogP contribution is -2.40. The zero-order valence-electron chi connectivity index (χ0n) is 14.7. The highest BCUT2D eigenvalue weighted by Gasteiger charge is 2.72.